The summed E-state index contributed by atoms with van der Waals surface area (Å²) in [7, 11) is 0. The van der Waals surface area contributed by atoms with Crippen LogP contribution in [0.15, 0.2) is 23.2 Å². The molecule has 0 amide bonds. The molecule has 0 aliphatic rings. The van der Waals surface area contributed by atoms with Crippen molar-refractivity contribution in [1.82, 2.24) is 0 Å². The van der Waals surface area contributed by atoms with Gasteiger partial charge in [-0.1, -0.05) is 6.07 Å². The quantitative estimate of drug-likeness (QED) is 0.634. The lowest BCUT2D eigenvalue weighted by molar-refractivity contribution is 0.512. The molecule has 0 spiro atoms. The van der Waals surface area contributed by atoms with Crippen molar-refractivity contribution in [2.75, 3.05) is 11.9 Å². The molecule has 1 aromatic rings. The van der Waals surface area contributed by atoms with Crippen LogP contribution in [0.2, 0.25) is 0 Å². The van der Waals surface area contributed by atoms with Crippen LogP contribution in [0.25, 0.3) is 0 Å². The van der Waals surface area contributed by atoms with E-state index in [-0.39, 0.29) is 0 Å². The van der Waals surface area contributed by atoms with Gasteiger partial charge in [0.2, 0.25) is 0 Å². The Morgan fingerprint density at radius 1 is 1.33 bits per heavy atom. The Morgan fingerprint density at radius 3 is 2.39 bits per heavy atom. The molecule has 1 aromatic carbocycles. The lowest BCUT2D eigenvalue weighted by atomic mass is 9.96. The Balaban J connectivity index is 2.73. The van der Waals surface area contributed by atoms with E-state index in [0.717, 1.165) is 5.69 Å². The van der Waals surface area contributed by atoms with Gasteiger partial charge in [0, 0.05) is 5.69 Å². The average molecular weight is 244 g/mol. The van der Waals surface area contributed by atoms with E-state index < -0.39 is 5.41 Å². The molecule has 0 heterocycles. The van der Waals surface area contributed by atoms with Gasteiger partial charge in [-0.05, 0) is 51.0 Å². The first-order valence-electron chi connectivity index (χ1n) is 5.89. The molecule has 0 radical (unpaired) electrons. The number of aliphatic imine (C=N–C) groups is 1. The summed E-state index contributed by atoms with van der Waals surface area (Å²) in [4.78, 5) is 4.18. The molecule has 3 N–H and O–H groups in total. The number of guanidine groups is 1. The fourth-order valence-electron chi connectivity index (χ4n) is 1.55. The number of nitrogens with one attached hydrogen (secondary N) is 1. The number of hydrogen-bond acceptors (Lipinski definition) is 2. The Hall–Kier alpha value is -2.02. The maximum absolute atomic E-state index is 8.89. The van der Waals surface area contributed by atoms with Gasteiger partial charge in [0.15, 0.2) is 5.96 Å². The monoisotopic (exact) mass is 244 g/mol. The minimum absolute atomic E-state index is 0.336. The first-order valence-corrected chi connectivity index (χ1v) is 5.89. The van der Waals surface area contributed by atoms with Gasteiger partial charge in [-0.2, -0.15) is 5.26 Å². The number of anilines is 1. The van der Waals surface area contributed by atoms with Crippen LogP contribution in [0, 0.1) is 30.6 Å². The van der Waals surface area contributed by atoms with Crippen molar-refractivity contribution in [3.05, 3.63) is 29.3 Å². The highest BCUT2D eigenvalue weighted by Gasteiger charge is 2.15. The summed E-state index contributed by atoms with van der Waals surface area (Å²) < 4.78 is 0. The molecular weight excluding hydrogens is 224 g/mol. The maximum atomic E-state index is 8.89. The smallest absolute Gasteiger partial charge is 0.193 e. The van der Waals surface area contributed by atoms with Gasteiger partial charge < -0.3 is 11.1 Å². The molecule has 0 atom stereocenters. The lowest BCUT2D eigenvalue weighted by Crippen LogP contribution is -2.25. The summed E-state index contributed by atoms with van der Waals surface area (Å²) in [6, 6.07) is 8.29. The van der Waals surface area contributed by atoms with E-state index in [1.165, 1.54) is 11.1 Å². The second-order valence-corrected chi connectivity index (χ2v) is 5.20. The first-order chi connectivity index (χ1) is 8.32. The third kappa shape index (κ3) is 4.46. The summed E-state index contributed by atoms with van der Waals surface area (Å²) >= 11 is 0. The van der Waals surface area contributed by atoms with Crippen molar-refractivity contribution in [2.24, 2.45) is 16.1 Å². The number of nitriles is 1. The largest absolute Gasteiger partial charge is 0.370 e. The maximum Gasteiger partial charge on any atom is 0.193 e. The molecular formula is C14H20N4. The number of nitrogens with two attached hydrogens (primary N) is 1. The van der Waals surface area contributed by atoms with Crippen molar-refractivity contribution in [3.63, 3.8) is 0 Å². The van der Waals surface area contributed by atoms with Crippen LogP contribution in [0.3, 0.4) is 0 Å². The highest BCUT2D eigenvalue weighted by Crippen LogP contribution is 2.15. The van der Waals surface area contributed by atoms with Crippen molar-refractivity contribution < 1.29 is 0 Å². The zero-order valence-electron chi connectivity index (χ0n) is 11.4. The molecule has 0 aromatic heterocycles. The molecule has 0 unspecified atom stereocenters. The van der Waals surface area contributed by atoms with E-state index in [0.29, 0.717) is 12.5 Å². The third-order valence-electron chi connectivity index (χ3n) is 2.44. The lowest BCUT2D eigenvalue weighted by Gasteiger charge is -2.13. The molecule has 0 saturated carbocycles. The molecule has 0 bridgehead atoms. The highest BCUT2D eigenvalue weighted by atomic mass is 15.1. The topological polar surface area (TPSA) is 74.2 Å². The zero-order chi connectivity index (χ0) is 13.8. The summed E-state index contributed by atoms with van der Waals surface area (Å²) in [5.74, 6) is 0.336. The van der Waals surface area contributed by atoms with Crippen LogP contribution >= 0.6 is 0 Å². The molecule has 96 valence electrons. The van der Waals surface area contributed by atoms with E-state index in [9.17, 15) is 0 Å². The van der Waals surface area contributed by atoms with Crippen molar-refractivity contribution in [1.29, 1.82) is 5.26 Å². The minimum atomic E-state index is -0.491. The number of aryl methyl sites for hydroxylation is 2. The summed E-state index contributed by atoms with van der Waals surface area (Å²) in [6.07, 6.45) is 0. The van der Waals surface area contributed by atoms with Crippen LogP contribution in [0.1, 0.15) is 25.0 Å². The molecule has 0 fully saturated rings. The van der Waals surface area contributed by atoms with Crippen LogP contribution in [0.5, 0.6) is 0 Å². The van der Waals surface area contributed by atoms with Crippen LogP contribution < -0.4 is 11.1 Å². The number of hydrogen-bond donors (Lipinski definition) is 2. The molecule has 1 rings (SSSR count). The SMILES string of the molecule is Cc1cc(C)cc(NC(N)=NCC(C)(C)C#N)c1. The van der Waals surface area contributed by atoms with Crippen molar-refractivity contribution >= 4 is 11.6 Å². The predicted octanol–water partition coefficient (Wildman–Crippen LogP) is 2.58. The molecule has 18 heavy (non-hydrogen) atoms. The molecule has 4 heteroatoms. The Morgan fingerprint density at radius 2 is 1.89 bits per heavy atom. The first kappa shape index (κ1) is 14.0. The average Bonchev–Trinajstić information content (AvgIpc) is 2.25. The Kier molecular flexibility index (Phi) is 4.33. The van der Waals surface area contributed by atoms with Gasteiger partial charge in [-0.3, -0.25) is 4.99 Å². The second-order valence-electron chi connectivity index (χ2n) is 5.20. The number of benzene rings is 1. The summed E-state index contributed by atoms with van der Waals surface area (Å²) in [6.45, 7) is 8.11. The van der Waals surface area contributed by atoms with Crippen molar-refractivity contribution in [2.45, 2.75) is 27.7 Å². The highest BCUT2D eigenvalue weighted by molar-refractivity contribution is 5.92. The van der Waals surface area contributed by atoms with Gasteiger partial charge in [-0.25, -0.2) is 0 Å². The third-order valence-corrected chi connectivity index (χ3v) is 2.44. The fraction of sp³-hybridized carbons (Fsp3) is 0.429. The van der Waals surface area contributed by atoms with Crippen LogP contribution in [0.4, 0.5) is 5.69 Å². The predicted molar refractivity (Wildman–Crippen MR) is 75.4 cm³/mol. The van der Waals surface area contributed by atoms with E-state index in [2.05, 4.69) is 22.4 Å². The Bertz CT molecular complexity index is 475. The van der Waals surface area contributed by atoms with Gasteiger partial charge in [0.05, 0.1) is 18.0 Å². The summed E-state index contributed by atoms with van der Waals surface area (Å²) in [5, 5.41) is 11.9. The van der Waals surface area contributed by atoms with Gasteiger partial charge in [0.1, 0.15) is 0 Å². The van der Waals surface area contributed by atoms with Crippen LogP contribution in [-0.2, 0) is 0 Å². The fourth-order valence-corrected chi connectivity index (χ4v) is 1.55. The van der Waals surface area contributed by atoms with E-state index in [4.69, 9.17) is 11.0 Å². The molecule has 0 aliphatic heterocycles. The second kappa shape index (κ2) is 5.54. The number of nitrogens with zero attached hydrogens (tertiary/aromatic N) is 2. The standard InChI is InChI=1S/C14H20N4/c1-10-5-11(2)7-12(6-10)18-13(16)17-9-14(3,4)8-15/h5-7H,9H2,1-4H3,(H3,16,17,18). The van der Waals surface area contributed by atoms with E-state index >= 15 is 0 Å². The van der Waals surface area contributed by atoms with Gasteiger partial charge in [-0.15, -0.1) is 0 Å². The van der Waals surface area contributed by atoms with Crippen molar-refractivity contribution in [3.8, 4) is 6.07 Å². The minimum Gasteiger partial charge on any atom is -0.370 e. The van der Waals surface area contributed by atoms with Gasteiger partial charge in [0.25, 0.3) is 0 Å². The van der Waals surface area contributed by atoms with Crippen LogP contribution in [-0.4, -0.2) is 12.5 Å². The molecule has 0 saturated heterocycles. The van der Waals surface area contributed by atoms with E-state index in [1.54, 1.807) is 0 Å². The zero-order valence-corrected chi connectivity index (χ0v) is 11.4. The Labute approximate surface area is 109 Å². The summed E-state index contributed by atoms with van der Waals surface area (Å²) in [5.41, 5.74) is 8.56. The van der Waals surface area contributed by atoms with E-state index in [1.807, 2.05) is 39.8 Å². The normalized spacial score (nSPS) is 12.1. The number of rotatable bonds is 3. The molecule has 4 nitrogen and oxygen atoms in total. The molecule has 0 aliphatic carbocycles. The van der Waals surface area contributed by atoms with Gasteiger partial charge >= 0.3 is 0 Å².